The van der Waals surface area contributed by atoms with E-state index in [2.05, 4.69) is 28.1 Å². The van der Waals surface area contributed by atoms with Gasteiger partial charge in [0.2, 0.25) is 0 Å². The van der Waals surface area contributed by atoms with Crippen molar-refractivity contribution in [2.45, 2.75) is 26.7 Å². The summed E-state index contributed by atoms with van der Waals surface area (Å²) in [6, 6.07) is 8.09. The predicted octanol–water partition coefficient (Wildman–Crippen LogP) is 3.86. The van der Waals surface area contributed by atoms with Gasteiger partial charge in [-0.2, -0.15) is 0 Å². The number of nitrogens with zero attached hydrogens (tertiary/aromatic N) is 3. The number of unbranched alkanes of at least 4 members (excludes halogenated alkanes) is 1. The van der Waals surface area contributed by atoms with Crippen LogP contribution in [0.1, 0.15) is 26.7 Å². The maximum atomic E-state index is 6.11. The number of rotatable bonds is 8. The van der Waals surface area contributed by atoms with E-state index in [1.165, 1.54) is 5.69 Å². The summed E-state index contributed by atoms with van der Waals surface area (Å²) in [5.41, 5.74) is 1.20. The summed E-state index contributed by atoms with van der Waals surface area (Å²) >= 11 is 6.11. The number of ether oxygens (including phenoxy) is 1. The molecule has 7 heteroatoms. The standard InChI is InChI=1S/C19H31ClN4O.HI/c1-3-21-19(22-10-5-6-15-25-4-2)24-13-11-23(12-14-24)18-9-7-8-17(20)16-18;/h7-9,16H,3-6,10-15H2,1-2H3,(H,21,22);1H. The van der Waals surface area contributed by atoms with E-state index in [1.807, 2.05) is 25.1 Å². The first-order chi connectivity index (χ1) is 12.2. The molecule has 0 spiro atoms. The smallest absolute Gasteiger partial charge is 0.194 e. The van der Waals surface area contributed by atoms with E-state index in [0.29, 0.717) is 0 Å². The lowest BCUT2D eigenvalue weighted by Gasteiger charge is -2.37. The number of piperazine rings is 1. The van der Waals surface area contributed by atoms with Crippen LogP contribution < -0.4 is 10.2 Å². The number of benzene rings is 1. The SMILES string of the molecule is CCNC(=NCCCCOCC)N1CCN(c2cccc(Cl)c2)CC1.I. The molecule has 1 saturated heterocycles. The largest absolute Gasteiger partial charge is 0.382 e. The van der Waals surface area contributed by atoms with Crippen molar-refractivity contribution < 1.29 is 4.74 Å². The van der Waals surface area contributed by atoms with E-state index in [-0.39, 0.29) is 24.0 Å². The lowest BCUT2D eigenvalue weighted by molar-refractivity contribution is 0.144. The second kappa shape index (κ2) is 13.4. The minimum absolute atomic E-state index is 0. The molecule has 2 rings (SSSR count). The molecule has 0 amide bonds. The highest BCUT2D eigenvalue weighted by Gasteiger charge is 2.19. The first kappa shape index (κ1) is 23.3. The van der Waals surface area contributed by atoms with Crippen LogP contribution in [0, 0.1) is 0 Å². The maximum absolute atomic E-state index is 6.11. The normalized spacial score (nSPS) is 15.0. The third-order valence-electron chi connectivity index (χ3n) is 4.25. The zero-order chi connectivity index (χ0) is 17.9. The van der Waals surface area contributed by atoms with Gasteiger partial charge >= 0.3 is 0 Å². The van der Waals surface area contributed by atoms with E-state index in [1.54, 1.807) is 0 Å². The summed E-state index contributed by atoms with van der Waals surface area (Å²) in [7, 11) is 0. The minimum Gasteiger partial charge on any atom is -0.382 e. The van der Waals surface area contributed by atoms with Crippen molar-refractivity contribution in [2.75, 3.05) is 57.4 Å². The molecule has 1 aliphatic rings. The zero-order valence-electron chi connectivity index (χ0n) is 15.9. The third-order valence-corrected chi connectivity index (χ3v) is 4.49. The van der Waals surface area contributed by atoms with Gasteiger partial charge < -0.3 is 19.9 Å². The molecular formula is C19H32ClIN4O. The molecule has 1 aromatic rings. The van der Waals surface area contributed by atoms with Gasteiger partial charge in [0.1, 0.15) is 0 Å². The number of halogens is 2. The van der Waals surface area contributed by atoms with Crippen molar-refractivity contribution in [3.63, 3.8) is 0 Å². The van der Waals surface area contributed by atoms with Crippen LogP contribution in [-0.4, -0.2) is 63.3 Å². The molecule has 5 nitrogen and oxygen atoms in total. The Morgan fingerprint density at radius 3 is 2.62 bits per heavy atom. The van der Waals surface area contributed by atoms with Crippen molar-refractivity contribution >= 4 is 47.2 Å². The van der Waals surface area contributed by atoms with Crippen LogP contribution in [0.4, 0.5) is 5.69 Å². The lowest BCUT2D eigenvalue weighted by atomic mass is 10.2. The van der Waals surface area contributed by atoms with Crippen molar-refractivity contribution in [3.05, 3.63) is 29.3 Å². The van der Waals surface area contributed by atoms with E-state index in [9.17, 15) is 0 Å². The van der Waals surface area contributed by atoms with Crippen LogP contribution in [0.5, 0.6) is 0 Å². The van der Waals surface area contributed by atoms with Gasteiger partial charge in [0, 0.05) is 63.2 Å². The van der Waals surface area contributed by atoms with Crippen molar-refractivity contribution in [2.24, 2.45) is 4.99 Å². The highest BCUT2D eigenvalue weighted by Crippen LogP contribution is 2.20. The fourth-order valence-electron chi connectivity index (χ4n) is 2.92. The molecule has 0 aromatic heterocycles. The van der Waals surface area contributed by atoms with Gasteiger partial charge in [-0.3, -0.25) is 4.99 Å². The maximum Gasteiger partial charge on any atom is 0.194 e. The van der Waals surface area contributed by atoms with Gasteiger partial charge in [0.25, 0.3) is 0 Å². The van der Waals surface area contributed by atoms with Gasteiger partial charge in [-0.15, -0.1) is 24.0 Å². The van der Waals surface area contributed by atoms with Gasteiger partial charge in [-0.1, -0.05) is 17.7 Å². The van der Waals surface area contributed by atoms with E-state index >= 15 is 0 Å². The molecule has 1 aliphatic heterocycles. The van der Waals surface area contributed by atoms with Gasteiger partial charge in [-0.05, 0) is 44.9 Å². The molecule has 0 aliphatic carbocycles. The highest BCUT2D eigenvalue weighted by molar-refractivity contribution is 14.0. The van der Waals surface area contributed by atoms with Crippen molar-refractivity contribution in [3.8, 4) is 0 Å². The second-order valence-corrected chi connectivity index (χ2v) is 6.53. The number of aliphatic imine (C=N–C) groups is 1. The summed E-state index contributed by atoms with van der Waals surface area (Å²) < 4.78 is 5.38. The first-order valence-electron chi connectivity index (χ1n) is 9.36. The molecule has 0 atom stereocenters. The first-order valence-corrected chi connectivity index (χ1v) is 9.74. The van der Waals surface area contributed by atoms with Gasteiger partial charge in [-0.25, -0.2) is 0 Å². The van der Waals surface area contributed by atoms with Crippen molar-refractivity contribution in [1.29, 1.82) is 0 Å². The molecule has 0 radical (unpaired) electrons. The summed E-state index contributed by atoms with van der Waals surface area (Å²) in [5.74, 6) is 1.03. The monoisotopic (exact) mass is 494 g/mol. The summed E-state index contributed by atoms with van der Waals surface area (Å²) in [6.07, 6.45) is 2.14. The van der Waals surface area contributed by atoms with Crippen LogP contribution in [0.15, 0.2) is 29.3 Å². The van der Waals surface area contributed by atoms with E-state index < -0.39 is 0 Å². The Balaban J connectivity index is 0.00000338. The molecule has 1 aromatic carbocycles. The molecular weight excluding hydrogens is 463 g/mol. The molecule has 1 fully saturated rings. The third kappa shape index (κ3) is 7.88. The number of nitrogens with one attached hydrogen (secondary N) is 1. The quantitative estimate of drug-likeness (QED) is 0.258. The molecule has 0 bridgehead atoms. The van der Waals surface area contributed by atoms with E-state index in [4.69, 9.17) is 21.3 Å². The Bertz CT molecular complexity index is 536. The molecule has 26 heavy (non-hydrogen) atoms. The molecule has 0 unspecified atom stereocenters. The molecule has 1 heterocycles. The van der Waals surface area contributed by atoms with Crippen LogP contribution in [-0.2, 0) is 4.74 Å². The average molecular weight is 495 g/mol. The minimum atomic E-state index is 0. The predicted molar refractivity (Wildman–Crippen MR) is 122 cm³/mol. The topological polar surface area (TPSA) is 40.1 Å². The number of guanidine groups is 1. The highest BCUT2D eigenvalue weighted by atomic mass is 127. The number of anilines is 1. The van der Waals surface area contributed by atoms with Crippen molar-refractivity contribution in [1.82, 2.24) is 10.2 Å². The summed E-state index contributed by atoms with van der Waals surface area (Å²) in [5, 5.41) is 4.22. The Morgan fingerprint density at radius 2 is 1.96 bits per heavy atom. The molecule has 1 N–H and O–H groups in total. The average Bonchev–Trinajstić information content (AvgIpc) is 2.64. The number of hydrogen-bond donors (Lipinski definition) is 1. The fraction of sp³-hybridized carbons (Fsp3) is 0.632. The Kier molecular flexibility index (Phi) is 12.0. The Hall–Kier alpha value is -0.730. The number of hydrogen-bond acceptors (Lipinski definition) is 3. The molecule has 0 saturated carbocycles. The second-order valence-electron chi connectivity index (χ2n) is 6.09. The zero-order valence-corrected chi connectivity index (χ0v) is 19.0. The van der Waals surface area contributed by atoms with Crippen LogP contribution >= 0.6 is 35.6 Å². The van der Waals surface area contributed by atoms with Crippen LogP contribution in [0.2, 0.25) is 5.02 Å². The molecule has 148 valence electrons. The fourth-order valence-corrected chi connectivity index (χ4v) is 3.10. The Labute approximate surface area is 180 Å². The van der Waals surface area contributed by atoms with Crippen LogP contribution in [0.25, 0.3) is 0 Å². The summed E-state index contributed by atoms with van der Waals surface area (Å²) in [6.45, 7) is 11.4. The summed E-state index contributed by atoms with van der Waals surface area (Å²) in [4.78, 5) is 9.52. The van der Waals surface area contributed by atoms with E-state index in [0.717, 1.165) is 76.3 Å². The van der Waals surface area contributed by atoms with Gasteiger partial charge in [0.15, 0.2) is 5.96 Å². The van der Waals surface area contributed by atoms with Crippen LogP contribution in [0.3, 0.4) is 0 Å². The lowest BCUT2D eigenvalue weighted by Crippen LogP contribution is -2.52. The Morgan fingerprint density at radius 1 is 1.19 bits per heavy atom. The van der Waals surface area contributed by atoms with Gasteiger partial charge in [0.05, 0.1) is 0 Å².